The quantitative estimate of drug-likeness (QED) is 0.356. The Morgan fingerprint density at radius 2 is 2.00 bits per heavy atom. The van der Waals surface area contributed by atoms with E-state index in [2.05, 4.69) is 0 Å². The van der Waals surface area contributed by atoms with Gasteiger partial charge in [0.15, 0.2) is 0 Å². The fourth-order valence-electron chi connectivity index (χ4n) is 0.249. The van der Waals surface area contributed by atoms with E-state index in [0.717, 1.165) is 6.08 Å². The third kappa shape index (κ3) is 11.9. The Morgan fingerprint density at radius 3 is 2.33 bits per heavy atom. The average Bonchev–Trinajstić information content (AvgIpc) is 1.66. The summed E-state index contributed by atoms with van der Waals surface area (Å²) in [4.78, 5) is 9.75. The van der Waals surface area contributed by atoms with Crippen LogP contribution in [0.2, 0.25) is 0 Å². The fraction of sp³-hybridized carbons (Fsp3) is 0.167. The predicted molar refractivity (Wildman–Crippen MR) is 38.7 cm³/mol. The maximum atomic E-state index is 9.75. The van der Waals surface area contributed by atoms with Crippen molar-refractivity contribution < 1.29 is 9.90 Å². The van der Waals surface area contributed by atoms with Crippen LogP contribution in [0.25, 0.3) is 0 Å². The monoisotopic (exact) mass is 152 g/mol. The SMILES string of the molecule is CC=CC=CC(=O)O.[KH]. The first kappa shape index (κ1) is 12.3. The van der Waals surface area contributed by atoms with Crippen LogP contribution in [0, 0.1) is 0 Å². The molecule has 0 radical (unpaired) electrons. The van der Waals surface area contributed by atoms with Crippen LogP contribution < -0.4 is 0 Å². The van der Waals surface area contributed by atoms with E-state index in [0.29, 0.717) is 0 Å². The Kier molecular flexibility index (Phi) is 11.7. The van der Waals surface area contributed by atoms with Gasteiger partial charge in [-0.15, -0.1) is 0 Å². The fourth-order valence-corrected chi connectivity index (χ4v) is 0.249. The third-order valence-corrected chi connectivity index (χ3v) is 0.542. The zero-order valence-electron chi connectivity index (χ0n) is 4.66. The Balaban J connectivity index is 0. The van der Waals surface area contributed by atoms with E-state index >= 15 is 0 Å². The number of aliphatic carboxylic acids is 1. The minimum atomic E-state index is -0.914. The Hall–Kier alpha value is 0.586. The number of allylic oxidation sites excluding steroid dienone is 3. The van der Waals surface area contributed by atoms with E-state index in [9.17, 15) is 4.79 Å². The Labute approximate surface area is 97.1 Å². The van der Waals surface area contributed by atoms with Gasteiger partial charge in [-0.3, -0.25) is 0 Å². The summed E-state index contributed by atoms with van der Waals surface area (Å²) >= 11 is 0. The second-order valence-electron chi connectivity index (χ2n) is 1.22. The molecule has 0 aromatic heterocycles. The predicted octanol–water partition coefficient (Wildman–Crippen LogP) is 0.555. The van der Waals surface area contributed by atoms with Gasteiger partial charge in [-0.2, -0.15) is 0 Å². The van der Waals surface area contributed by atoms with E-state index in [1.807, 2.05) is 6.92 Å². The molecule has 46 valence electrons. The van der Waals surface area contributed by atoms with E-state index in [-0.39, 0.29) is 51.4 Å². The van der Waals surface area contributed by atoms with Gasteiger partial charge in [0.05, 0.1) is 0 Å². The topological polar surface area (TPSA) is 37.3 Å². The molecule has 0 rings (SSSR count). The second kappa shape index (κ2) is 8.59. The van der Waals surface area contributed by atoms with Gasteiger partial charge < -0.3 is 5.11 Å². The van der Waals surface area contributed by atoms with E-state index in [4.69, 9.17) is 5.11 Å². The standard InChI is InChI=1S/C6H8O2.K.H/c1-2-3-4-5-6(7)8;;/h2-5H,1H3,(H,7,8);;. The van der Waals surface area contributed by atoms with Crippen molar-refractivity contribution in [3.8, 4) is 0 Å². The van der Waals surface area contributed by atoms with Crippen LogP contribution in [-0.4, -0.2) is 62.5 Å². The van der Waals surface area contributed by atoms with Crippen molar-refractivity contribution >= 4 is 57.4 Å². The van der Waals surface area contributed by atoms with Gasteiger partial charge >= 0.3 is 57.4 Å². The van der Waals surface area contributed by atoms with Crippen LogP contribution in [0.1, 0.15) is 6.92 Å². The molecule has 0 unspecified atom stereocenters. The van der Waals surface area contributed by atoms with Gasteiger partial charge in [-0.05, 0) is 6.92 Å². The van der Waals surface area contributed by atoms with Crippen molar-refractivity contribution in [1.82, 2.24) is 0 Å². The van der Waals surface area contributed by atoms with Gasteiger partial charge in [0, 0.05) is 6.08 Å². The molecule has 0 aliphatic heterocycles. The minimum absolute atomic E-state index is 0. The molecule has 0 heterocycles. The first-order valence-electron chi connectivity index (χ1n) is 2.29. The summed E-state index contributed by atoms with van der Waals surface area (Å²) in [6, 6.07) is 0. The number of carboxylic acids is 1. The van der Waals surface area contributed by atoms with Crippen LogP contribution >= 0.6 is 0 Å². The van der Waals surface area contributed by atoms with Crippen molar-refractivity contribution in [2.45, 2.75) is 6.92 Å². The molecule has 0 fully saturated rings. The first-order chi connectivity index (χ1) is 3.77. The molecule has 0 saturated heterocycles. The number of carbonyl (C=O) groups is 1. The second-order valence-corrected chi connectivity index (χ2v) is 1.22. The molecule has 3 heteroatoms. The van der Waals surface area contributed by atoms with Crippen LogP contribution in [0.3, 0.4) is 0 Å². The molecule has 0 spiro atoms. The van der Waals surface area contributed by atoms with Crippen LogP contribution in [-0.2, 0) is 4.79 Å². The summed E-state index contributed by atoms with van der Waals surface area (Å²) in [7, 11) is 0. The van der Waals surface area contributed by atoms with Gasteiger partial charge in [0.25, 0.3) is 0 Å². The maximum absolute atomic E-state index is 9.75. The third-order valence-electron chi connectivity index (χ3n) is 0.542. The molecule has 0 bridgehead atoms. The van der Waals surface area contributed by atoms with Gasteiger partial charge in [0.2, 0.25) is 0 Å². The number of hydrogen-bond acceptors (Lipinski definition) is 1. The van der Waals surface area contributed by atoms with Gasteiger partial charge in [0.1, 0.15) is 0 Å². The van der Waals surface area contributed by atoms with Crippen molar-refractivity contribution in [2.75, 3.05) is 0 Å². The number of carboxylic acid groups (broad SMARTS) is 1. The van der Waals surface area contributed by atoms with Crippen molar-refractivity contribution in [2.24, 2.45) is 0 Å². The van der Waals surface area contributed by atoms with Crippen molar-refractivity contribution in [3.05, 3.63) is 24.3 Å². The molecule has 0 aliphatic carbocycles. The van der Waals surface area contributed by atoms with Crippen molar-refractivity contribution in [3.63, 3.8) is 0 Å². The molecule has 0 aromatic rings. The molecule has 2 nitrogen and oxygen atoms in total. The molecule has 0 saturated carbocycles. The zero-order valence-corrected chi connectivity index (χ0v) is 4.66. The molecule has 0 aliphatic rings. The Morgan fingerprint density at radius 1 is 1.44 bits per heavy atom. The van der Waals surface area contributed by atoms with E-state index in [1.54, 1.807) is 12.2 Å². The molecular formula is C6H9KO2. The van der Waals surface area contributed by atoms with E-state index in [1.165, 1.54) is 6.08 Å². The molecule has 0 aromatic carbocycles. The normalized spacial score (nSPS) is 9.89. The van der Waals surface area contributed by atoms with Crippen LogP contribution in [0.4, 0.5) is 0 Å². The summed E-state index contributed by atoms with van der Waals surface area (Å²) in [6.07, 6.45) is 5.98. The summed E-state index contributed by atoms with van der Waals surface area (Å²) in [5.41, 5.74) is 0. The summed E-state index contributed by atoms with van der Waals surface area (Å²) in [5.74, 6) is -0.914. The van der Waals surface area contributed by atoms with E-state index < -0.39 is 5.97 Å². The average molecular weight is 152 g/mol. The Bertz CT molecular complexity index is 127. The van der Waals surface area contributed by atoms with Gasteiger partial charge in [-0.1, -0.05) is 18.2 Å². The first-order valence-corrected chi connectivity index (χ1v) is 2.29. The van der Waals surface area contributed by atoms with Crippen molar-refractivity contribution in [1.29, 1.82) is 0 Å². The number of rotatable bonds is 2. The summed E-state index contributed by atoms with van der Waals surface area (Å²) in [6.45, 7) is 1.83. The molecule has 0 amide bonds. The van der Waals surface area contributed by atoms with Gasteiger partial charge in [-0.25, -0.2) is 4.79 Å². The van der Waals surface area contributed by atoms with Crippen LogP contribution in [0.15, 0.2) is 24.3 Å². The summed E-state index contributed by atoms with van der Waals surface area (Å²) in [5, 5.41) is 8.02. The molecule has 9 heavy (non-hydrogen) atoms. The molecular weight excluding hydrogens is 143 g/mol. The summed E-state index contributed by atoms with van der Waals surface area (Å²) < 4.78 is 0. The number of hydrogen-bond donors (Lipinski definition) is 1. The molecule has 0 atom stereocenters. The van der Waals surface area contributed by atoms with Crippen LogP contribution in [0.5, 0.6) is 0 Å². The zero-order chi connectivity index (χ0) is 6.41. The molecule has 1 N–H and O–H groups in total.